The van der Waals surface area contributed by atoms with E-state index in [-0.39, 0.29) is 12.1 Å². The first-order chi connectivity index (χ1) is 14.0. The van der Waals surface area contributed by atoms with E-state index >= 15 is 0 Å². The van der Waals surface area contributed by atoms with Crippen LogP contribution in [0, 0.1) is 19.8 Å². The highest BCUT2D eigenvalue weighted by atomic mass is 16.5. The minimum atomic E-state index is 0.229. The van der Waals surface area contributed by atoms with Gasteiger partial charge in [-0.25, -0.2) is 4.68 Å². The molecular formula is C22H34N6O. The molecule has 4 rings (SSSR count). The maximum Gasteiger partial charge on any atom is 0.168 e. The van der Waals surface area contributed by atoms with Crippen LogP contribution in [0.1, 0.15) is 49.7 Å². The van der Waals surface area contributed by atoms with Gasteiger partial charge in [-0.1, -0.05) is 26.0 Å². The van der Waals surface area contributed by atoms with Gasteiger partial charge in [0.1, 0.15) is 0 Å². The summed E-state index contributed by atoms with van der Waals surface area (Å²) in [6, 6.07) is 6.96. The number of benzene rings is 1. The molecule has 29 heavy (non-hydrogen) atoms. The summed E-state index contributed by atoms with van der Waals surface area (Å²) in [7, 11) is 0. The molecule has 0 N–H and O–H groups in total. The molecule has 2 fully saturated rings. The van der Waals surface area contributed by atoms with Crippen LogP contribution in [0.3, 0.4) is 0 Å². The Morgan fingerprint density at radius 2 is 1.93 bits per heavy atom. The second-order valence-corrected chi connectivity index (χ2v) is 8.86. The van der Waals surface area contributed by atoms with Crippen LogP contribution in [-0.2, 0) is 11.3 Å². The third-order valence-corrected chi connectivity index (χ3v) is 6.27. The summed E-state index contributed by atoms with van der Waals surface area (Å²) in [4.78, 5) is 5.08. The van der Waals surface area contributed by atoms with E-state index in [9.17, 15) is 0 Å². The van der Waals surface area contributed by atoms with Crippen LogP contribution in [0.15, 0.2) is 18.2 Å². The number of hydrogen-bond acceptors (Lipinski definition) is 6. The monoisotopic (exact) mass is 398 g/mol. The normalized spacial score (nSPS) is 21.8. The molecule has 2 aromatic rings. The SMILES string of the molecule is Cc1ccc(C)c(N2CCN([C@@H](c3nnnn3C[C@H]3CCCO3)C(C)C)CC2)c1. The molecule has 0 aliphatic carbocycles. The van der Waals surface area contributed by atoms with Gasteiger partial charge in [0.2, 0.25) is 0 Å². The lowest BCUT2D eigenvalue weighted by Crippen LogP contribution is -2.49. The highest BCUT2D eigenvalue weighted by Crippen LogP contribution is 2.30. The van der Waals surface area contributed by atoms with Crippen LogP contribution in [0.2, 0.25) is 0 Å². The van der Waals surface area contributed by atoms with Gasteiger partial charge in [-0.2, -0.15) is 0 Å². The van der Waals surface area contributed by atoms with Gasteiger partial charge in [-0.05, 0) is 60.2 Å². The molecule has 1 aromatic heterocycles. The van der Waals surface area contributed by atoms with Crippen LogP contribution in [0.5, 0.6) is 0 Å². The molecule has 3 heterocycles. The maximum atomic E-state index is 5.81. The van der Waals surface area contributed by atoms with Gasteiger partial charge in [0.05, 0.1) is 18.7 Å². The number of hydrogen-bond donors (Lipinski definition) is 0. The Balaban J connectivity index is 1.47. The van der Waals surface area contributed by atoms with Gasteiger partial charge in [-0.15, -0.1) is 5.10 Å². The summed E-state index contributed by atoms with van der Waals surface area (Å²) in [5.74, 6) is 1.42. The van der Waals surface area contributed by atoms with E-state index in [1.165, 1.54) is 16.8 Å². The standard InChI is InChI=1S/C22H34N6O/c1-16(2)21(22-23-24-25-28(22)15-19-6-5-13-29-19)27-11-9-26(10-12-27)20-14-17(3)7-8-18(20)4/h7-8,14,16,19,21H,5-6,9-13,15H2,1-4H3/t19-,21-/m1/s1. The third-order valence-electron chi connectivity index (χ3n) is 6.27. The Bertz CT molecular complexity index is 805. The van der Waals surface area contributed by atoms with Gasteiger partial charge in [0.25, 0.3) is 0 Å². The van der Waals surface area contributed by atoms with E-state index in [0.717, 1.165) is 58.0 Å². The smallest absolute Gasteiger partial charge is 0.168 e. The number of tetrazole rings is 1. The average molecular weight is 399 g/mol. The Hall–Kier alpha value is -1.99. The lowest BCUT2D eigenvalue weighted by molar-refractivity contribution is 0.0865. The van der Waals surface area contributed by atoms with Crippen LogP contribution in [-0.4, -0.2) is 64.0 Å². The highest BCUT2D eigenvalue weighted by Gasteiger charge is 2.32. The zero-order valence-electron chi connectivity index (χ0n) is 18.2. The molecule has 0 spiro atoms. The fourth-order valence-corrected chi connectivity index (χ4v) is 4.72. The molecule has 0 radical (unpaired) electrons. The number of aromatic nitrogens is 4. The number of anilines is 1. The average Bonchev–Trinajstić information content (AvgIpc) is 3.37. The minimum absolute atomic E-state index is 0.229. The predicted octanol–water partition coefficient (Wildman–Crippen LogP) is 2.99. The van der Waals surface area contributed by atoms with Crippen molar-refractivity contribution in [3.8, 4) is 0 Å². The van der Waals surface area contributed by atoms with E-state index in [0.29, 0.717) is 5.92 Å². The summed E-state index contributed by atoms with van der Waals surface area (Å²) >= 11 is 0. The van der Waals surface area contributed by atoms with E-state index in [2.05, 4.69) is 71.2 Å². The second-order valence-electron chi connectivity index (χ2n) is 8.86. The Labute approximate surface area is 174 Å². The van der Waals surface area contributed by atoms with Crippen molar-refractivity contribution < 1.29 is 4.74 Å². The summed E-state index contributed by atoms with van der Waals surface area (Å²) in [5.41, 5.74) is 4.04. The lowest BCUT2D eigenvalue weighted by Gasteiger charge is -2.41. The number of ether oxygens (including phenoxy) is 1. The molecule has 2 aliphatic rings. The predicted molar refractivity (Wildman–Crippen MR) is 114 cm³/mol. The van der Waals surface area contributed by atoms with Crippen molar-refractivity contribution in [3.63, 3.8) is 0 Å². The Morgan fingerprint density at radius 1 is 1.14 bits per heavy atom. The van der Waals surface area contributed by atoms with E-state index in [1.54, 1.807) is 0 Å². The van der Waals surface area contributed by atoms with Crippen molar-refractivity contribution in [3.05, 3.63) is 35.2 Å². The maximum absolute atomic E-state index is 5.81. The lowest BCUT2D eigenvalue weighted by atomic mass is 10.00. The van der Waals surface area contributed by atoms with Gasteiger partial charge < -0.3 is 9.64 Å². The summed E-state index contributed by atoms with van der Waals surface area (Å²) < 4.78 is 7.80. The first-order valence-electron chi connectivity index (χ1n) is 11.0. The van der Waals surface area contributed by atoms with Crippen LogP contribution in [0.4, 0.5) is 5.69 Å². The molecule has 0 saturated carbocycles. The van der Waals surface area contributed by atoms with E-state index in [4.69, 9.17) is 4.74 Å². The topological polar surface area (TPSA) is 59.3 Å². The molecule has 2 aliphatic heterocycles. The summed E-state index contributed by atoms with van der Waals surface area (Å²) in [6.45, 7) is 14.6. The van der Waals surface area contributed by atoms with E-state index < -0.39 is 0 Å². The third kappa shape index (κ3) is 4.46. The largest absolute Gasteiger partial charge is 0.376 e. The number of aryl methyl sites for hydroxylation is 2. The molecule has 7 nitrogen and oxygen atoms in total. The summed E-state index contributed by atoms with van der Waals surface area (Å²) in [5, 5.41) is 12.8. The minimum Gasteiger partial charge on any atom is -0.376 e. The Morgan fingerprint density at radius 3 is 2.62 bits per heavy atom. The van der Waals surface area contributed by atoms with Crippen molar-refractivity contribution in [2.45, 2.75) is 59.2 Å². The number of piperazine rings is 1. The second kappa shape index (κ2) is 8.79. The van der Waals surface area contributed by atoms with Gasteiger partial charge in [-0.3, -0.25) is 4.90 Å². The fourth-order valence-electron chi connectivity index (χ4n) is 4.72. The Kier molecular flexibility index (Phi) is 6.15. The molecule has 0 amide bonds. The molecular weight excluding hydrogens is 364 g/mol. The highest BCUT2D eigenvalue weighted by molar-refractivity contribution is 5.55. The molecule has 2 saturated heterocycles. The van der Waals surface area contributed by atoms with Gasteiger partial charge in [0.15, 0.2) is 5.82 Å². The number of rotatable bonds is 6. The fraction of sp³-hybridized carbons (Fsp3) is 0.682. The van der Waals surface area contributed by atoms with Gasteiger partial charge in [0, 0.05) is 38.5 Å². The molecule has 7 heteroatoms. The first-order valence-corrected chi connectivity index (χ1v) is 11.0. The zero-order valence-corrected chi connectivity index (χ0v) is 18.2. The van der Waals surface area contributed by atoms with Crippen LogP contribution < -0.4 is 4.90 Å². The van der Waals surface area contributed by atoms with E-state index in [1.807, 2.05) is 4.68 Å². The zero-order chi connectivity index (χ0) is 20.4. The quantitative estimate of drug-likeness (QED) is 0.746. The van der Waals surface area contributed by atoms with Crippen molar-refractivity contribution in [1.82, 2.24) is 25.1 Å². The van der Waals surface area contributed by atoms with Crippen molar-refractivity contribution >= 4 is 5.69 Å². The summed E-state index contributed by atoms with van der Waals surface area (Å²) in [6.07, 6.45) is 2.47. The van der Waals surface area contributed by atoms with Crippen LogP contribution >= 0.6 is 0 Å². The van der Waals surface area contributed by atoms with Crippen molar-refractivity contribution in [2.75, 3.05) is 37.7 Å². The van der Waals surface area contributed by atoms with Crippen molar-refractivity contribution in [1.29, 1.82) is 0 Å². The van der Waals surface area contributed by atoms with Gasteiger partial charge >= 0.3 is 0 Å². The molecule has 0 unspecified atom stereocenters. The van der Waals surface area contributed by atoms with Crippen molar-refractivity contribution in [2.24, 2.45) is 5.92 Å². The molecule has 2 atom stereocenters. The number of nitrogens with zero attached hydrogens (tertiary/aromatic N) is 6. The van der Waals surface area contributed by atoms with Crippen LogP contribution in [0.25, 0.3) is 0 Å². The first kappa shape index (κ1) is 20.3. The molecule has 0 bridgehead atoms. The molecule has 158 valence electrons. The molecule has 1 aromatic carbocycles.